The second-order valence-electron chi connectivity index (χ2n) is 6.13. The van der Waals surface area contributed by atoms with Gasteiger partial charge >= 0.3 is 0 Å². The third kappa shape index (κ3) is 3.26. The summed E-state index contributed by atoms with van der Waals surface area (Å²) in [5.74, 6) is 1.33. The molecule has 1 amide bonds. The highest BCUT2D eigenvalue weighted by Gasteiger charge is 2.24. The summed E-state index contributed by atoms with van der Waals surface area (Å²) < 4.78 is 16.7. The van der Waals surface area contributed by atoms with Gasteiger partial charge in [-0.3, -0.25) is 9.78 Å². The van der Waals surface area contributed by atoms with Crippen molar-refractivity contribution < 1.29 is 18.7 Å². The van der Waals surface area contributed by atoms with Crippen LogP contribution in [0.15, 0.2) is 65.6 Å². The van der Waals surface area contributed by atoms with Gasteiger partial charge in [0.15, 0.2) is 17.6 Å². The summed E-state index contributed by atoms with van der Waals surface area (Å²) in [6.07, 6.45) is 4.58. The van der Waals surface area contributed by atoms with Gasteiger partial charge in [0.05, 0.1) is 30.3 Å². The second-order valence-corrected chi connectivity index (χ2v) is 6.13. The van der Waals surface area contributed by atoms with E-state index in [9.17, 15) is 4.79 Å². The minimum absolute atomic E-state index is 0.112. The van der Waals surface area contributed by atoms with Gasteiger partial charge in [0.1, 0.15) is 6.61 Å². The monoisotopic (exact) mass is 350 g/mol. The number of nitrogens with zero attached hydrogens (tertiary/aromatic N) is 2. The zero-order valence-electron chi connectivity index (χ0n) is 14.3. The van der Waals surface area contributed by atoms with Crippen LogP contribution in [0.25, 0.3) is 11.3 Å². The molecular formula is C20H18N2O4. The van der Waals surface area contributed by atoms with Gasteiger partial charge in [-0.2, -0.15) is 0 Å². The van der Waals surface area contributed by atoms with E-state index in [-0.39, 0.29) is 12.0 Å². The molecule has 6 nitrogen and oxygen atoms in total. The molecule has 3 aromatic rings. The molecule has 132 valence electrons. The molecule has 0 saturated carbocycles. The summed E-state index contributed by atoms with van der Waals surface area (Å²) in [5, 5.41) is 0. The van der Waals surface area contributed by atoms with Crippen LogP contribution in [0.5, 0.6) is 11.5 Å². The summed E-state index contributed by atoms with van der Waals surface area (Å²) in [6, 6.07) is 12.9. The van der Waals surface area contributed by atoms with Crippen LogP contribution in [0.3, 0.4) is 0 Å². The van der Waals surface area contributed by atoms with Crippen LogP contribution in [0.2, 0.25) is 0 Å². The quantitative estimate of drug-likeness (QED) is 0.723. The molecule has 0 aliphatic carbocycles. The Morgan fingerprint density at radius 3 is 2.77 bits per heavy atom. The van der Waals surface area contributed by atoms with Crippen LogP contribution in [-0.2, 0) is 0 Å². The number of carbonyl (C=O) groups excluding carboxylic acids is 1. The predicted octanol–water partition coefficient (Wildman–Crippen LogP) is 3.25. The van der Waals surface area contributed by atoms with Gasteiger partial charge < -0.3 is 18.8 Å². The molecule has 2 aromatic heterocycles. The fourth-order valence-corrected chi connectivity index (χ4v) is 2.86. The minimum atomic E-state index is -0.211. The van der Waals surface area contributed by atoms with Crippen molar-refractivity contribution in [3.8, 4) is 22.8 Å². The Bertz CT molecular complexity index is 890. The molecule has 3 heterocycles. The first-order chi connectivity index (χ1) is 12.7. The summed E-state index contributed by atoms with van der Waals surface area (Å²) in [5.41, 5.74) is 2.17. The Hall–Kier alpha value is -3.28. The van der Waals surface area contributed by atoms with E-state index in [0.29, 0.717) is 24.5 Å². The molecule has 0 N–H and O–H groups in total. The summed E-state index contributed by atoms with van der Waals surface area (Å²) in [4.78, 5) is 18.6. The normalized spacial score (nSPS) is 15.5. The molecule has 1 atom stereocenters. The van der Waals surface area contributed by atoms with Crippen molar-refractivity contribution >= 4 is 5.91 Å². The number of amides is 1. The number of rotatable bonds is 4. The summed E-state index contributed by atoms with van der Waals surface area (Å²) >= 11 is 0. The highest BCUT2D eigenvalue weighted by molar-refractivity contribution is 5.94. The van der Waals surface area contributed by atoms with Gasteiger partial charge in [0, 0.05) is 18.8 Å². The lowest BCUT2D eigenvalue weighted by molar-refractivity contribution is 0.0520. The molecule has 0 bridgehead atoms. The van der Waals surface area contributed by atoms with Crippen LogP contribution < -0.4 is 9.47 Å². The molecule has 0 fully saturated rings. The number of pyridine rings is 1. The number of likely N-dealkylation sites (N-methyl/N-ethyl adjacent to an activating group) is 1. The third-order valence-corrected chi connectivity index (χ3v) is 4.22. The maximum Gasteiger partial charge on any atom is 0.255 e. The van der Waals surface area contributed by atoms with E-state index in [4.69, 9.17) is 13.9 Å². The predicted molar refractivity (Wildman–Crippen MR) is 95.3 cm³/mol. The molecule has 1 unspecified atom stereocenters. The van der Waals surface area contributed by atoms with Gasteiger partial charge in [0.25, 0.3) is 5.91 Å². The Morgan fingerprint density at radius 2 is 2.04 bits per heavy atom. The SMILES string of the molecule is CN(CC1COc2ccccc2O1)C(=O)c1ccc(-c2ccoc2)nc1. The maximum atomic E-state index is 12.6. The highest BCUT2D eigenvalue weighted by Crippen LogP contribution is 2.31. The van der Waals surface area contributed by atoms with Crippen molar-refractivity contribution in [2.24, 2.45) is 0 Å². The molecule has 4 rings (SSSR count). The molecule has 1 aliphatic rings. The fraction of sp³-hybridized carbons (Fsp3) is 0.200. The molecule has 0 spiro atoms. The molecular weight excluding hydrogens is 332 g/mol. The zero-order chi connectivity index (χ0) is 17.9. The number of aromatic nitrogens is 1. The molecule has 1 aromatic carbocycles. The molecule has 26 heavy (non-hydrogen) atoms. The molecule has 0 radical (unpaired) electrons. The first-order valence-corrected chi connectivity index (χ1v) is 8.33. The molecule has 0 saturated heterocycles. The smallest absolute Gasteiger partial charge is 0.255 e. The fourth-order valence-electron chi connectivity index (χ4n) is 2.86. The molecule has 6 heteroatoms. The van der Waals surface area contributed by atoms with Crippen LogP contribution >= 0.6 is 0 Å². The maximum absolute atomic E-state index is 12.6. The van der Waals surface area contributed by atoms with Crippen molar-refractivity contribution in [2.45, 2.75) is 6.10 Å². The van der Waals surface area contributed by atoms with Crippen LogP contribution in [0, 0.1) is 0 Å². The van der Waals surface area contributed by atoms with Crippen molar-refractivity contribution in [2.75, 3.05) is 20.2 Å². The largest absolute Gasteiger partial charge is 0.486 e. The number of para-hydroxylation sites is 2. The number of furan rings is 1. The Balaban J connectivity index is 1.40. The summed E-state index contributed by atoms with van der Waals surface area (Å²) in [7, 11) is 1.75. The second kappa shape index (κ2) is 6.92. The van der Waals surface area contributed by atoms with Crippen molar-refractivity contribution in [3.63, 3.8) is 0 Å². The van der Waals surface area contributed by atoms with Crippen LogP contribution in [0.4, 0.5) is 0 Å². The average Bonchev–Trinajstić information content (AvgIpc) is 3.22. The van der Waals surface area contributed by atoms with Gasteiger partial charge in [-0.05, 0) is 30.3 Å². The average molecular weight is 350 g/mol. The highest BCUT2D eigenvalue weighted by atomic mass is 16.6. The number of carbonyl (C=O) groups is 1. The minimum Gasteiger partial charge on any atom is -0.486 e. The first-order valence-electron chi connectivity index (χ1n) is 8.33. The Morgan fingerprint density at radius 1 is 1.19 bits per heavy atom. The van der Waals surface area contributed by atoms with Crippen molar-refractivity contribution in [1.82, 2.24) is 9.88 Å². The van der Waals surface area contributed by atoms with Crippen LogP contribution in [-0.4, -0.2) is 42.1 Å². The topological polar surface area (TPSA) is 64.8 Å². The van der Waals surface area contributed by atoms with Gasteiger partial charge in [0.2, 0.25) is 0 Å². The van der Waals surface area contributed by atoms with E-state index in [2.05, 4.69) is 4.98 Å². The number of fused-ring (bicyclic) bond motifs is 1. The lowest BCUT2D eigenvalue weighted by Crippen LogP contribution is -2.41. The molecule has 1 aliphatic heterocycles. The van der Waals surface area contributed by atoms with Gasteiger partial charge in [-0.25, -0.2) is 0 Å². The lowest BCUT2D eigenvalue weighted by atomic mass is 10.1. The van der Waals surface area contributed by atoms with Crippen LogP contribution in [0.1, 0.15) is 10.4 Å². The van der Waals surface area contributed by atoms with E-state index in [1.807, 2.05) is 36.4 Å². The van der Waals surface area contributed by atoms with E-state index in [1.54, 1.807) is 36.7 Å². The van der Waals surface area contributed by atoms with Gasteiger partial charge in [-0.15, -0.1) is 0 Å². The number of hydrogen-bond donors (Lipinski definition) is 0. The van der Waals surface area contributed by atoms with Crippen molar-refractivity contribution in [3.05, 3.63) is 66.8 Å². The van der Waals surface area contributed by atoms with E-state index >= 15 is 0 Å². The summed E-state index contributed by atoms with van der Waals surface area (Å²) in [6.45, 7) is 0.836. The van der Waals surface area contributed by atoms with E-state index < -0.39 is 0 Å². The van der Waals surface area contributed by atoms with Gasteiger partial charge in [-0.1, -0.05) is 12.1 Å². The Labute approximate surface area is 151 Å². The van der Waals surface area contributed by atoms with Crippen molar-refractivity contribution in [1.29, 1.82) is 0 Å². The Kier molecular flexibility index (Phi) is 4.31. The number of benzene rings is 1. The van der Waals surface area contributed by atoms with E-state index in [0.717, 1.165) is 17.0 Å². The van der Waals surface area contributed by atoms with E-state index in [1.165, 1.54) is 0 Å². The zero-order valence-corrected chi connectivity index (χ0v) is 14.3. The number of hydrogen-bond acceptors (Lipinski definition) is 5. The lowest BCUT2D eigenvalue weighted by Gasteiger charge is -2.29. The number of ether oxygens (including phenoxy) is 2. The first kappa shape index (κ1) is 16.2. The standard InChI is InChI=1S/C20H18N2O4/c1-22(11-16-13-25-18-4-2-3-5-19(18)26-16)20(23)14-6-7-17(21-10-14)15-8-9-24-12-15/h2-10,12,16H,11,13H2,1H3. The third-order valence-electron chi connectivity index (χ3n) is 4.22.